The Morgan fingerprint density at radius 3 is 2.79 bits per heavy atom. The number of benzene rings is 2. The molecule has 142 valence electrons. The van der Waals surface area contributed by atoms with Crippen LogP contribution in [0, 0.1) is 12.7 Å². The van der Waals surface area contributed by atoms with E-state index in [0.29, 0.717) is 11.4 Å². The van der Waals surface area contributed by atoms with E-state index in [-0.39, 0.29) is 16.4 Å². The Kier molecular flexibility index (Phi) is 4.27. The molecule has 1 amide bonds. The molecule has 9 heteroatoms. The Morgan fingerprint density at radius 1 is 1.29 bits per heavy atom. The number of nitrogens with two attached hydrogens (primary N) is 1. The minimum Gasteiger partial charge on any atom is -0.364 e. The lowest BCUT2D eigenvalue weighted by atomic mass is 10.2. The molecule has 2 aromatic heterocycles. The lowest BCUT2D eigenvalue weighted by molar-refractivity contribution is 0.0996. The van der Waals surface area contributed by atoms with Crippen molar-refractivity contribution in [3.8, 4) is 5.69 Å². The summed E-state index contributed by atoms with van der Waals surface area (Å²) in [6, 6.07) is 9.90. The predicted molar refractivity (Wildman–Crippen MR) is 106 cm³/mol. The summed E-state index contributed by atoms with van der Waals surface area (Å²) in [7, 11) is 1.94. The van der Waals surface area contributed by atoms with Gasteiger partial charge in [-0.25, -0.2) is 14.1 Å². The number of anilines is 2. The molecule has 7 nitrogen and oxygen atoms in total. The van der Waals surface area contributed by atoms with Crippen LogP contribution in [-0.2, 0) is 7.05 Å². The van der Waals surface area contributed by atoms with Crippen molar-refractivity contribution in [3.63, 3.8) is 0 Å². The number of nitrogens with zero attached hydrogens (tertiary/aromatic N) is 4. The van der Waals surface area contributed by atoms with Crippen LogP contribution in [-0.4, -0.2) is 25.2 Å². The third-order valence-electron chi connectivity index (χ3n) is 4.50. The van der Waals surface area contributed by atoms with Crippen LogP contribution in [0.15, 0.2) is 42.6 Å². The Labute approximate surface area is 164 Å². The van der Waals surface area contributed by atoms with Crippen LogP contribution >= 0.6 is 11.6 Å². The molecule has 0 aliphatic rings. The molecule has 0 radical (unpaired) electrons. The minimum atomic E-state index is -0.747. The van der Waals surface area contributed by atoms with E-state index in [1.807, 2.05) is 36.7 Å². The van der Waals surface area contributed by atoms with E-state index in [1.54, 1.807) is 0 Å². The molecule has 0 saturated heterocycles. The molecule has 0 aliphatic heterocycles. The van der Waals surface area contributed by atoms with Crippen LogP contribution < -0.4 is 11.1 Å². The standard InChI is InChI=1S/C19H16ClFN6O/c1-10-23-14-8-11(6-7-16(14)26(10)2)24-15-9-27(25-17(15)19(22)28)18-12(20)4-3-5-13(18)21/h3-9,24H,1-2H3,(H2,22,28). The van der Waals surface area contributed by atoms with Crippen molar-refractivity contribution in [2.75, 3.05) is 5.32 Å². The fourth-order valence-electron chi connectivity index (χ4n) is 3.02. The number of carbonyl (C=O) groups is 1. The average Bonchev–Trinajstić information content (AvgIpc) is 3.16. The maximum absolute atomic E-state index is 14.2. The molecule has 28 heavy (non-hydrogen) atoms. The van der Waals surface area contributed by atoms with E-state index in [0.717, 1.165) is 16.9 Å². The van der Waals surface area contributed by atoms with Crippen LogP contribution in [0.1, 0.15) is 16.3 Å². The van der Waals surface area contributed by atoms with Crippen molar-refractivity contribution >= 4 is 39.9 Å². The van der Waals surface area contributed by atoms with E-state index in [2.05, 4.69) is 15.4 Å². The zero-order chi connectivity index (χ0) is 20.0. The van der Waals surface area contributed by atoms with Gasteiger partial charge >= 0.3 is 0 Å². The maximum atomic E-state index is 14.2. The highest BCUT2D eigenvalue weighted by Crippen LogP contribution is 2.28. The van der Waals surface area contributed by atoms with Crippen molar-refractivity contribution in [1.82, 2.24) is 19.3 Å². The van der Waals surface area contributed by atoms with E-state index in [4.69, 9.17) is 17.3 Å². The largest absolute Gasteiger partial charge is 0.364 e. The number of aromatic nitrogens is 4. The molecule has 0 saturated carbocycles. The average molecular weight is 399 g/mol. The Balaban J connectivity index is 1.77. The Bertz CT molecular complexity index is 1210. The van der Waals surface area contributed by atoms with Gasteiger partial charge in [-0.05, 0) is 37.3 Å². The first-order valence-corrected chi connectivity index (χ1v) is 8.77. The van der Waals surface area contributed by atoms with Crippen LogP contribution in [0.2, 0.25) is 5.02 Å². The lowest BCUT2D eigenvalue weighted by Gasteiger charge is -2.06. The zero-order valence-corrected chi connectivity index (χ0v) is 15.8. The summed E-state index contributed by atoms with van der Waals surface area (Å²) in [5, 5.41) is 7.38. The topological polar surface area (TPSA) is 90.8 Å². The zero-order valence-electron chi connectivity index (χ0n) is 15.1. The highest BCUT2D eigenvalue weighted by molar-refractivity contribution is 6.32. The monoisotopic (exact) mass is 398 g/mol. The number of nitrogens with one attached hydrogen (secondary N) is 1. The molecule has 3 N–H and O–H groups in total. The van der Waals surface area contributed by atoms with Gasteiger partial charge in [-0.1, -0.05) is 17.7 Å². The van der Waals surface area contributed by atoms with Crippen LogP contribution in [0.4, 0.5) is 15.8 Å². The molecule has 0 atom stereocenters. The molecular formula is C19H16ClFN6O. The lowest BCUT2D eigenvalue weighted by Crippen LogP contribution is -2.14. The summed E-state index contributed by atoms with van der Waals surface area (Å²) < 4.78 is 17.4. The number of aryl methyl sites for hydroxylation is 2. The Hall–Kier alpha value is -3.39. The number of rotatable bonds is 4. The second-order valence-corrected chi connectivity index (χ2v) is 6.72. The number of hydrogen-bond acceptors (Lipinski definition) is 4. The summed E-state index contributed by atoms with van der Waals surface area (Å²) in [5.74, 6) is -0.432. The van der Waals surface area contributed by atoms with Crippen LogP contribution in [0.5, 0.6) is 0 Å². The quantitative estimate of drug-likeness (QED) is 0.548. The first-order valence-electron chi connectivity index (χ1n) is 8.39. The summed E-state index contributed by atoms with van der Waals surface area (Å²) in [5.41, 5.74) is 8.26. The third kappa shape index (κ3) is 2.97. The summed E-state index contributed by atoms with van der Waals surface area (Å²) in [6.07, 6.45) is 1.47. The number of para-hydroxylation sites is 1. The summed E-state index contributed by atoms with van der Waals surface area (Å²) in [6.45, 7) is 1.92. The predicted octanol–water partition coefficient (Wildman–Crippen LogP) is 3.70. The maximum Gasteiger partial charge on any atom is 0.271 e. The van der Waals surface area contributed by atoms with Crippen molar-refractivity contribution < 1.29 is 9.18 Å². The molecular weight excluding hydrogens is 383 g/mol. The number of imidazole rings is 1. The molecule has 0 unspecified atom stereocenters. The van der Waals surface area contributed by atoms with Crippen LogP contribution in [0.3, 0.4) is 0 Å². The smallest absolute Gasteiger partial charge is 0.271 e. The molecule has 0 spiro atoms. The fraction of sp³-hybridized carbons (Fsp3) is 0.105. The highest BCUT2D eigenvalue weighted by atomic mass is 35.5. The summed E-state index contributed by atoms with van der Waals surface area (Å²) in [4.78, 5) is 16.3. The van der Waals surface area contributed by atoms with Crippen molar-refractivity contribution in [1.29, 1.82) is 0 Å². The van der Waals surface area contributed by atoms with Crippen molar-refractivity contribution in [2.45, 2.75) is 6.92 Å². The molecule has 4 aromatic rings. The molecule has 0 fully saturated rings. The highest BCUT2D eigenvalue weighted by Gasteiger charge is 2.19. The molecule has 4 rings (SSSR count). The number of primary amides is 1. The molecule has 0 aliphatic carbocycles. The van der Waals surface area contributed by atoms with Gasteiger partial charge in [0.25, 0.3) is 5.91 Å². The normalized spacial score (nSPS) is 11.1. The Morgan fingerprint density at radius 2 is 2.07 bits per heavy atom. The van der Waals surface area contributed by atoms with Crippen molar-refractivity contribution in [3.05, 3.63) is 65.0 Å². The van der Waals surface area contributed by atoms with Gasteiger partial charge in [0.05, 0.1) is 27.9 Å². The third-order valence-corrected chi connectivity index (χ3v) is 4.80. The molecule has 2 heterocycles. The van der Waals surface area contributed by atoms with Gasteiger partial charge in [-0.3, -0.25) is 4.79 Å². The molecule has 2 aromatic carbocycles. The number of halogens is 2. The van der Waals surface area contributed by atoms with E-state index in [9.17, 15) is 9.18 Å². The second kappa shape index (κ2) is 6.65. The first-order chi connectivity index (χ1) is 13.3. The molecule has 0 bridgehead atoms. The van der Waals surface area contributed by atoms with Gasteiger partial charge in [-0.15, -0.1) is 0 Å². The van der Waals surface area contributed by atoms with Gasteiger partial charge in [0, 0.05) is 12.7 Å². The number of fused-ring (bicyclic) bond motifs is 1. The van der Waals surface area contributed by atoms with Crippen molar-refractivity contribution in [2.24, 2.45) is 12.8 Å². The minimum absolute atomic E-state index is 0.0309. The van der Waals surface area contributed by atoms with Gasteiger partial charge in [0.2, 0.25) is 0 Å². The van der Waals surface area contributed by atoms with Gasteiger partial charge in [0.15, 0.2) is 5.69 Å². The SMILES string of the molecule is Cc1nc2cc(Nc3cn(-c4c(F)cccc4Cl)nc3C(N)=O)ccc2n1C. The fourth-order valence-corrected chi connectivity index (χ4v) is 3.27. The number of carbonyl (C=O) groups excluding carboxylic acids is 1. The van der Waals surface area contributed by atoms with E-state index >= 15 is 0 Å². The van der Waals surface area contributed by atoms with Gasteiger partial charge in [-0.2, -0.15) is 5.10 Å². The van der Waals surface area contributed by atoms with E-state index < -0.39 is 11.7 Å². The number of hydrogen-bond donors (Lipinski definition) is 2. The van der Waals surface area contributed by atoms with Gasteiger partial charge < -0.3 is 15.6 Å². The van der Waals surface area contributed by atoms with Crippen LogP contribution in [0.25, 0.3) is 16.7 Å². The van der Waals surface area contributed by atoms with E-state index in [1.165, 1.54) is 29.1 Å². The van der Waals surface area contributed by atoms with Gasteiger partial charge in [0.1, 0.15) is 17.3 Å². The number of amides is 1. The second-order valence-electron chi connectivity index (χ2n) is 6.32. The first kappa shape index (κ1) is 18.0. The summed E-state index contributed by atoms with van der Waals surface area (Å²) >= 11 is 6.10.